The third-order valence-electron chi connectivity index (χ3n) is 7.01. The summed E-state index contributed by atoms with van der Waals surface area (Å²) in [5, 5.41) is 0. The standard InChI is InChI=1S/C29H25F4N3O5/c1-39-18-9-22(30)26(23(31)10-18)21-14-36(25-12-19(40-2)11-24(35-25)15-3-4-15)28(38)20(21)13-34-27(37)16-5-7-17(8-6-16)41-29(32)33/h5-13,15,20-21,29H,3-4,14H2,1-2H3/t20?,21-/m1/s1. The van der Waals surface area contributed by atoms with E-state index >= 15 is 8.78 Å². The molecule has 1 aromatic heterocycles. The van der Waals surface area contributed by atoms with E-state index in [0.717, 1.165) is 36.9 Å². The first-order valence-electron chi connectivity index (χ1n) is 12.7. The van der Waals surface area contributed by atoms with E-state index in [2.05, 4.69) is 14.7 Å². The number of alkyl halides is 2. The van der Waals surface area contributed by atoms with Crippen LogP contribution in [0.4, 0.5) is 23.4 Å². The summed E-state index contributed by atoms with van der Waals surface area (Å²) in [5.41, 5.74) is 0.425. The summed E-state index contributed by atoms with van der Waals surface area (Å²) in [4.78, 5) is 36.3. The Hall–Kier alpha value is -4.48. The summed E-state index contributed by atoms with van der Waals surface area (Å²) in [7, 11) is 2.76. The topological polar surface area (TPSA) is 90.3 Å². The number of nitrogens with zero attached hydrogens (tertiary/aromatic N) is 3. The molecular formula is C29H25F4N3O5. The number of methoxy groups -OCH3 is 2. The van der Waals surface area contributed by atoms with E-state index in [-0.39, 0.29) is 40.9 Å². The van der Waals surface area contributed by atoms with Crippen molar-refractivity contribution in [3.05, 3.63) is 77.0 Å². The van der Waals surface area contributed by atoms with Crippen LogP contribution in [0.2, 0.25) is 0 Å². The maximum absolute atomic E-state index is 15.2. The van der Waals surface area contributed by atoms with Gasteiger partial charge in [-0.1, -0.05) is 0 Å². The fraction of sp³-hybridized carbons (Fsp3) is 0.310. The van der Waals surface area contributed by atoms with E-state index in [9.17, 15) is 18.4 Å². The zero-order valence-corrected chi connectivity index (χ0v) is 22.0. The molecule has 12 heteroatoms. The maximum atomic E-state index is 15.2. The van der Waals surface area contributed by atoms with Crippen LogP contribution in [0.1, 0.15) is 46.3 Å². The van der Waals surface area contributed by atoms with Crippen molar-refractivity contribution in [2.75, 3.05) is 25.7 Å². The van der Waals surface area contributed by atoms with Gasteiger partial charge in [-0.15, -0.1) is 0 Å². The van der Waals surface area contributed by atoms with Gasteiger partial charge in [0.1, 0.15) is 34.7 Å². The first kappa shape index (κ1) is 28.1. The Kier molecular flexibility index (Phi) is 7.91. The van der Waals surface area contributed by atoms with Crippen LogP contribution >= 0.6 is 0 Å². The highest BCUT2D eigenvalue weighted by atomic mass is 19.3. The number of carbonyl (C=O) groups is 2. The van der Waals surface area contributed by atoms with E-state index in [1.54, 1.807) is 12.1 Å². The molecule has 1 unspecified atom stereocenters. The summed E-state index contributed by atoms with van der Waals surface area (Å²) in [6, 6.07) is 10.2. The Morgan fingerprint density at radius 2 is 1.63 bits per heavy atom. The van der Waals surface area contributed by atoms with Crippen LogP contribution in [0, 0.1) is 17.6 Å². The van der Waals surface area contributed by atoms with Crippen molar-refractivity contribution in [1.29, 1.82) is 0 Å². The highest BCUT2D eigenvalue weighted by Crippen LogP contribution is 2.43. The molecule has 3 aromatic rings. The van der Waals surface area contributed by atoms with Gasteiger partial charge < -0.3 is 14.2 Å². The first-order chi connectivity index (χ1) is 19.7. The molecule has 2 atom stereocenters. The number of hydrogen-bond acceptors (Lipinski definition) is 6. The van der Waals surface area contributed by atoms with Crippen LogP contribution in [0.25, 0.3) is 0 Å². The molecule has 214 valence electrons. The number of pyridine rings is 1. The van der Waals surface area contributed by atoms with Gasteiger partial charge in [-0.2, -0.15) is 8.78 Å². The third kappa shape index (κ3) is 6.01. The average molecular weight is 572 g/mol. The second-order valence-electron chi connectivity index (χ2n) is 9.64. The minimum Gasteiger partial charge on any atom is -0.497 e. The molecule has 8 nitrogen and oxygen atoms in total. The van der Waals surface area contributed by atoms with Crippen molar-refractivity contribution in [1.82, 2.24) is 4.98 Å². The number of anilines is 1. The van der Waals surface area contributed by atoms with Crippen molar-refractivity contribution in [2.45, 2.75) is 31.3 Å². The molecule has 2 fully saturated rings. The van der Waals surface area contributed by atoms with Gasteiger partial charge in [-0.3, -0.25) is 14.5 Å². The van der Waals surface area contributed by atoms with Gasteiger partial charge in [-0.05, 0) is 37.1 Å². The summed E-state index contributed by atoms with van der Waals surface area (Å²) in [6.07, 6.45) is 2.96. The Balaban J connectivity index is 1.49. The molecule has 5 rings (SSSR count). The lowest BCUT2D eigenvalue weighted by Crippen LogP contribution is -2.28. The number of aliphatic imine (C=N–C) groups is 1. The number of halogens is 4. The lowest BCUT2D eigenvalue weighted by molar-refractivity contribution is -0.118. The van der Waals surface area contributed by atoms with Gasteiger partial charge in [0.25, 0.3) is 5.91 Å². The van der Waals surface area contributed by atoms with Gasteiger partial charge in [0.15, 0.2) is 0 Å². The zero-order chi connectivity index (χ0) is 29.3. The fourth-order valence-electron chi connectivity index (χ4n) is 4.79. The Bertz CT molecular complexity index is 1470. The third-order valence-corrected chi connectivity index (χ3v) is 7.01. The molecule has 0 spiro atoms. The van der Waals surface area contributed by atoms with Crippen molar-refractivity contribution < 1.29 is 41.4 Å². The predicted molar refractivity (Wildman–Crippen MR) is 140 cm³/mol. The van der Waals surface area contributed by atoms with Crippen LogP contribution < -0.4 is 19.1 Å². The van der Waals surface area contributed by atoms with Gasteiger partial charge in [0.2, 0.25) is 5.91 Å². The molecule has 0 radical (unpaired) electrons. The lowest BCUT2D eigenvalue weighted by Gasteiger charge is -2.18. The molecule has 41 heavy (non-hydrogen) atoms. The lowest BCUT2D eigenvalue weighted by atomic mass is 9.88. The van der Waals surface area contributed by atoms with Crippen LogP contribution in [0.5, 0.6) is 17.2 Å². The Morgan fingerprint density at radius 3 is 2.22 bits per heavy atom. The molecule has 1 saturated carbocycles. The van der Waals surface area contributed by atoms with Gasteiger partial charge in [0.05, 0.1) is 20.1 Å². The number of amides is 2. The van der Waals surface area contributed by atoms with Crippen LogP contribution in [0.15, 0.2) is 53.5 Å². The second-order valence-corrected chi connectivity index (χ2v) is 9.64. The smallest absolute Gasteiger partial charge is 0.387 e. The first-order valence-corrected chi connectivity index (χ1v) is 12.7. The van der Waals surface area contributed by atoms with E-state index in [1.165, 1.54) is 43.4 Å². The summed E-state index contributed by atoms with van der Waals surface area (Å²) < 4.78 is 69.9. The normalized spacial score (nSPS) is 18.8. The van der Waals surface area contributed by atoms with Crippen molar-refractivity contribution in [3.63, 3.8) is 0 Å². The molecule has 0 N–H and O–H groups in total. The Labute approximate surface area is 232 Å². The van der Waals surface area contributed by atoms with Crippen molar-refractivity contribution in [2.24, 2.45) is 10.9 Å². The van der Waals surface area contributed by atoms with E-state index in [4.69, 9.17) is 9.47 Å². The largest absolute Gasteiger partial charge is 0.497 e. The average Bonchev–Trinajstić information content (AvgIpc) is 3.75. The molecule has 1 saturated heterocycles. The quantitative estimate of drug-likeness (QED) is 0.249. The monoisotopic (exact) mass is 571 g/mol. The molecule has 2 amide bonds. The van der Waals surface area contributed by atoms with E-state index in [1.807, 2.05) is 0 Å². The fourth-order valence-corrected chi connectivity index (χ4v) is 4.79. The highest BCUT2D eigenvalue weighted by Gasteiger charge is 2.44. The SMILES string of the molecule is COc1cc(C2CC2)nc(N2C[C@@H](c3c(F)cc(OC)cc3F)C(C=NC(=O)c3ccc(OC(F)F)cc3)C2=O)c1. The number of ether oxygens (including phenoxy) is 3. The number of benzene rings is 2. The molecule has 2 aliphatic rings. The number of rotatable bonds is 9. The second kappa shape index (κ2) is 11.6. The van der Waals surface area contributed by atoms with E-state index in [0.29, 0.717) is 5.75 Å². The summed E-state index contributed by atoms with van der Waals surface area (Å²) in [6.45, 7) is -3.17. The molecule has 2 aromatic carbocycles. The van der Waals surface area contributed by atoms with E-state index < -0.39 is 41.9 Å². The molecule has 2 heterocycles. The summed E-state index contributed by atoms with van der Waals surface area (Å²) >= 11 is 0. The van der Waals surface area contributed by atoms with Crippen molar-refractivity contribution in [3.8, 4) is 17.2 Å². The minimum absolute atomic E-state index is 0.0341. The van der Waals surface area contributed by atoms with Crippen molar-refractivity contribution >= 4 is 23.8 Å². The molecular weight excluding hydrogens is 546 g/mol. The van der Waals surface area contributed by atoms with Gasteiger partial charge in [-0.25, -0.2) is 18.8 Å². The van der Waals surface area contributed by atoms with Crippen LogP contribution in [0.3, 0.4) is 0 Å². The zero-order valence-electron chi connectivity index (χ0n) is 22.0. The van der Waals surface area contributed by atoms with Crippen LogP contribution in [-0.2, 0) is 4.79 Å². The summed E-state index contributed by atoms with van der Waals surface area (Å²) in [5.74, 6) is -4.69. The minimum atomic E-state index is -3.03. The Morgan fingerprint density at radius 1 is 1.00 bits per heavy atom. The number of carbonyl (C=O) groups excluding carboxylic acids is 2. The van der Waals surface area contributed by atoms with Crippen LogP contribution in [-0.4, -0.2) is 50.4 Å². The molecule has 1 aliphatic carbocycles. The maximum Gasteiger partial charge on any atom is 0.387 e. The molecule has 0 bridgehead atoms. The highest BCUT2D eigenvalue weighted by molar-refractivity contribution is 6.09. The van der Waals surface area contributed by atoms with Gasteiger partial charge in [0, 0.05) is 65.7 Å². The molecule has 1 aliphatic heterocycles. The number of hydrogen-bond donors (Lipinski definition) is 0. The number of aromatic nitrogens is 1. The predicted octanol–water partition coefficient (Wildman–Crippen LogP) is 5.51. The van der Waals surface area contributed by atoms with Gasteiger partial charge >= 0.3 is 6.61 Å².